The molecule has 0 atom stereocenters. The van der Waals surface area contributed by atoms with E-state index in [2.05, 4.69) is 20.8 Å². The molecule has 2 N–H and O–H groups in total. The lowest BCUT2D eigenvalue weighted by molar-refractivity contribution is 0.0692. The molecule has 0 amide bonds. The Balaban J connectivity index is 3.82. The minimum atomic E-state index is -1.06. The molecule has 0 saturated heterocycles. The Morgan fingerprint density at radius 2 is 1.48 bits per heavy atom. The van der Waals surface area contributed by atoms with E-state index in [4.69, 9.17) is 0 Å². The van der Waals surface area contributed by atoms with E-state index in [1.807, 2.05) is 26.8 Å². The van der Waals surface area contributed by atoms with Crippen molar-refractivity contribution in [2.24, 2.45) is 0 Å². The summed E-state index contributed by atoms with van der Waals surface area (Å²) >= 11 is 0. The molecule has 0 unspecified atom stereocenters. The number of rotatable bonds is 5. The molecule has 3 nitrogen and oxygen atoms in total. The molecule has 1 rings (SSSR count). The molecule has 0 spiro atoms. The van der Waals surface area contributed by atoms with E-state index in [1.54, 1.807) is 6.92 Å². The summed E-state index contributed by atoms with van der Waals surface area (Å²) in [6, 6.07) is 2.00. The summed E-state index contributed by atoms with van der Waals surface area (Å²) in [5.74, 6) is -1.14. The molecular weight excluding hydrogens is 264 g/mol. The number of hydrogen-bond donors (Lipinski definition) is 2. The van der Waals surface area contributed by atoms with Crippen LogP contribution in [0.3, 0.4) is 0 Å². The van der Waals surface area contributed by atoms with Gasteiger partial charge in [-0.1, -0.05) is 47.6 Å². The lowest BCUT2D eigenvalue weighted by atomic mass is 9.73. The van der Waals surface area contributed by atoms with Crippen LogP contribution < -0.4 is 0 Å². The van der Waals surface area contributed by atoms with Gasteiger partial charge >= 0.3 is 5.97 Å². The van der Waals surface area contributed by atoms with Gasteiger partial charge in [-0.15, -0.1) is 0 Å². The standard InChI is InChI=1S/C18H28O3/c1-8-17(4,5)12-10-13(18(6,7)9-2)15(19)14(11(12)3)16(20)21/h10,19H,8-9H2,1-7H3,(H,20,21). The van der Waals surface area contributed by atoms with Gasteiger partial charge < -0.3 is 10.2 Å². The van der Waals surface area contributed by atoms with Crippen LogP contribution in [0.1, 0.15) is 81.4 Å². The van der Waals surface area contributed by atoms with Crippen LogP contribution in [0.15, 0.2) is 6.07 Å². The van der Waals surface area contributed by atoms with E-state index < -0.39 is 5.97 Å². The molecule has 21 heavy (non-hydrogen) atoms. The van der Waals surface area contributed by atoms with Gasteiger partial charge in [-0.05, 0) is 41.7 Å². The number of carbonyl (C=O) groups is 1. The van der Waals surface area contributed by atoms with Crippen molar-refractivity contribution in [2.75, 3.05) is 0 Å². The van der Waals surface area contributed by atoms with Gasteiger partial charge in [0.25, 0.3) is 0 Å². The third-order valence-electron chi connectivity index (χ3n) is 5.00. The van der Waals surface area contributed by atoms with Gasteiger partial charge in [0, 0.05) is 5.56 Å². The van der Waals surface area contributed by atoms with Gasteiger partial charge in [0.05, 0.1) is 0 Å². The minimum Gasteiger partial charge on any atom is -0.507 e. The maximum Gasteiger partial charge on any atom is 0.339 e. The molecule has 1 aromatic rings. The first-order valence-corrected chi connectivity index (χ1v) is 7.60. The molecule has 0 fully saturated rings. The molecule has 0 radical (unpaired) electrons. The molecule has 0 aliphatic carbocycles. The number of hydrogen-bond acceptors (Lipinski definition) is 2. The smallest absolute Gasteiger partial charge is 0.339 e. The fraction of sp³-hybridized carbons (Fsp3) is 0.611. The average molecular weight is 292 g/mol. The highest BCUT2D eigenvalue weighted by Crippen LogP contribution is 2.42. The van der Waals surface area contributed by atoms with Crippen LogP contribution in [0.25, 0.3) is 0 Å². The Hall–Kier alpha value is -1.51. The lowest BCUT2D eigenvalue weighted by Crippen LogP contribution is -2.23. The van der Waals surface area contributed by atoms with Crippen LogP contribution in [0.4, 0.5) is 0 Å². The second-order valence-electron chi connectivity index (χ2n) is 7.10. The van der Waals surface area contributed by atoms with Crippen molar-refractivity contribution < 1.29 is 15.0 Å². The predicted octanol–water partition coefficient (Wildman–Crippen LogP) is 4.77. The van der Waals surface area contributed by atoms with Crippen molar-refractivity contribution >= 4 is 5.97 Å². The number of phenols is 1. The second kappa shape index (κ2) is 5.70. The zero-order valence-corrected chi connectivity index (χ0v) is 14.3. The highest BCUT2D eigenvalue weighted by Gasteiger charge is 2.32. The predicted molar refractivity (Wildman–Crippen MR) is 86.4 cm³/mol. The van der Waals surface area contributed by atoms with Crippen LogP contribution in [-0.2, 0) is 10.8 Å². The summed E-state index contributed by atoms with van der Waals surface area (Å²) in [4.78, 5) is 11.6. The van der Waals surface area contributed by atoms with Gasteiger partial charge in [0.2, 0.25) is 0 Å². The van der Waals surface area contributed by atoms with Crippen LogP contribution in [0, 0.1) is 6.92 Å². The molecule has 1 aromatic carbocycles. The summed E-state index contributed by atoms with van der Waals surface area (Å²) < 4.78 is 0. The number of aromatic hydroxyl groups is 1. The Labute approximate surface area is 128 Å². The number of aromatic carboxylic acids is 1. The topological polar surface area (TPSA) is 57.5 Å². The van der Waals surface area contributed by atoms with E-state index in [-0.39, 0.29) is 22.1 Å². The Morgan fingerprint density at radius 1 is 1.05 bits per heavy atom. The van der Waals surface area contributed by atoms with E-state index in [0.29, 0.717) is 5.56 Å². The van der Waals surface area contributed by atoms with Gasteiger partial charge in [-0.25, -0.2) is 4.79 Å². The van der Waals surface area contributed by atoms with E-state index in [1.165, 1.54) is 0 Å². The highest BCUT2D eigenvalue weighted by atomic mass is 16.4. The highest BCUT2D eigenvalue weighted by molar-refractivity contribution is 5.93. The SMILES string of the molecule is CCC(C)(C)c1cc(C(C)(C)CC)c(O)c(C(=O)O)c1C. The van der Waals surface area contributed by atoms with Crippen molar-refractivity contribution in [3.05, 3.63) is 28.3 Å². The molecule has 0 bridgehead atoms. The van der Waals surface area contributed by atoms with Gasteiger partial charge in [0.1, 0.15) is 11.3 Å². The summed E-state index contributed by atoms with van der Waals surface area (Å²) in [5.41, 5.74) is 2.07. The minimum absolute atomic E-state index is 0.0468. The monoisotopic (exact) mass is 292 g/mol. The largest absolute Gasteiger partial charge is 0.507 e. The van der Waals surface area contributed by atoms with Gasteiger partial charge in [-0.3, -0.25) is 0 Å². The summed E-state index contributed by atoms with van der Waals surface area (Å²) in [6.45, 7) is 14.2. The van der Waals surface area contributed by atoms with E-state index >= 15 is 0 Å². The van der Waals surface area contributed by atoms with Gasteiger partial charge in [-0.2, -0.15) is 0 Å². The summed E-state index contributed by atoms with van der Waals surface area (Å²) in [7, 11) is 0. The average Bonchev–Trinajstić information content (AvgIpc) is 2.37. The normalized spacial score (nSPS) is 12.5. The molecule has 0 aliphatic rings. The van der Waals surface area contributed by atoms with Gasteiger partial charge in [0.15, 0.2) is 0 Å². The van der Waals surface area contributed by atoms with E-state index in [9.17, 15) is 15.0 Å². The zero-order valence-electron chi connectivity index (χ0n) is 14.3. The van der Waals surface area contributed by atoms with Crippen molar-refractivity contribution in [3.63, 3.8) is 0 Å². The zero-order chi connectivity index (χ0) is 16.6. The van der Waals surface area contributed by atoms with E-state index in [0.717, 1.165) is 24.0 Å². The third kappa shape index (κ3) is 3.07. The Kier molecular flexibility index (Phi) is 4.76. The fourth-order valence-electron chi connectivity index (χ4n) is 2.63. The maximum absolute atomic E-state index is 11.6. The quantitative estimate of drug-likeness (QED) is 0.821. The Bertz CT molecular complexity index is 514. The molecular formula is C18H28O3. The summed E-state index contributed by atoms with van der Waals surface area (Å²) in [5, 5.41) is 20.0. The second-order valence-corrected chi connectivity index (χ2v) is 7.10. The molecule has 0 heterocycles. The van der Waals surface area contributed by atoms with Crippen molar-refractivity contribution in [2.45, 2.75) is 72.1 Å². The van der Waals surface area contributed by atoms with Crippen molar-refractivity contribution in [1.29, 1.82) is 0 Å². The van der Waals surface area contributed by atoms with Crippen molar-refractivity contribution in [1.82, 2.24) is 0 Å². The first kappa shape index (κ1) is 17.5. The van der Waals surface area contributed by atoms with Crippen LogP contribution in [0.2, 0.25) is 0 Å². The first-order valence-electron chi connectivity index (χ1n) is 7.60. The summed E-state index contributed by atoms with van der Waals surface area (Å²) in [6.07, 6.45) is 1.73. The molecule has 0 aromatic heterocycles. The van der Waals surface area contributed by atoms with Crippen LogP contribution in [0.5, 0.6) is 5.75 Å². The fourth-order valence-corrected chi connectivity index (χ4v) is 2.63. The maximum atomic E-state index is 11.6. The number of carboxylic acid groups (broad SMARTS) is 1. The Morgan fingerprint density at radius 3 is 1.86 bits per heavy atom. The molecule has 3 heteroatoms. The molecule has 0 aliphatic heterocycles. The van der Waals surface area contributed by atoms with Crippen molar-refractivity contribution in [3.8, 4) is 5.75 Å². The lowest BCUT2D eigenvalue weighted by Gasteiger charge is -2.32. The van der Waals surface area contributed by atoms with Crippen LogP contribution in [-0.4, -0.2) is 16.2 Å². The number of benzene rings is 1. The first-order chi connectivity index (χ1) is 9.49. The molecule has 118 valence electrons. The molecule has 0 saturated carbocycles. The number of carboxylic acids is 1. The van der Waals surface area contributed by atoms with Crippen LogP contribution >= 0.6 is 0 Å². The third-order valence-corrected chi connectivity index (χ3v) is 5.00.